The molecular formula is C13H14ClN3. The van der Waals surface area contributed by atoms with Crippen LogP contribution in [0.3, 0.4) is 0 Å². The fourth-order valence-corrected chi connectivity index (χ4v) is 1.68. The predicted octanol–water partition coefficient (Wildman–Crippen LogP) is 3.29. The van der Waals surface area contributed by atoms with Gasteiger partial charge >= 0.3 is 0 Å². The van der Waals surface area contributed by atoms with Gasteiger partial charge in [0.15, 0.2) is 0 Å². The molecule has 0 fully saturated rings. The molecule has 0 unspecified atom stereocenters. The first-order valence-corrected chi connectivity index (χ1v) is 5.91. The second kappa shape index (κ2) is 5.15. The van der Waals surface area contributed by atoms with E-state index >= 15 is 0 Å². The van der Waals surface area contributed by atoms with Gasteiger partial charge in [-0.25, -0.2) is 9.97 Å². The molecule has 0 spiro atoms. The second-order valence-electron chi connectivity index (χ2n) is 3.92. The summed E-state index contributed by atoms with van der Waals surface area (Å²) in [5, 5.41) is 0. The Labute approximate surface area is 106 Å². The van der Waals surface area contributed by atoms with Crippen molar-refractivity contribution >= 4 is 23.2 Å². The first-order valence-electron chi connectivity index (χ1n) is 5.38. The highest BCUT2D eigenvalue weighted by Gasteiger charge is 2.06. The lowest BCUT2D eigenvalue weighted by molar-refractivity contribution is 1.02. The van der Waals surface area contributed by atoms with Crippen molar-refractivity contribution in [2.24, 2.45) is 0 Å². The van der Waals surface area contributed by atoms with E-state index in [-0.39, 0.29) is 0 Å². The summed E-state index contributed by atoms with van der Waals surface area (Å²) in [6.07, 6.45) is 3.50. The first-order chi connectivity index (χ1) is 8.20. The molecule has 0 saturated carbocycles. The van der Waals surface area contributed by atoms with Crippen LogP contribution in [0.1, 0.15) is 11.1 Å². The summed E-state index contributed by atoms with van der Waals surface area (Å²) in [6, 6.07) is 8.22. The SMILES string of the molecule is Cc1cccc(N(C)c2ncc(CCl)cn2)c1. The predicted molar refractivity (Wildman–Crippen MR) is 70.8 cm³/mol. The van der Waals surface area contributed by atoms with Crippen LogP contribution in [0.15, 0.2) is 36.7 Å². The summed E-state index contributed by atoms with van der Waals surface area (Å²) >= 11 is 5.70. The Kier molecular flexibility index (Phi) is 3.59. The van der Waals surface area contributed by atoms with Crippen LogP contribution in [0, 0.1) is 6.92 Å². The molecule has 4 heteroatoms. The van der Waals surface area contributed by atoms with Crippen LogP contribution in [0.2, 0.25) is 0 Å². The van der Waals surface area contributed by atoms with Crippen molar-refractivity contribution in [3.63, 3.8) is 0 Å². The van der Waals surface area contributed by atoms with Gasteiger partial charge in [-0.2, -0.15) is 0 Å². The number of aromatic nitrogens is 2. The Balaban J connectivity index is 2.27. The molecular weight excluding hydrogens is 234 g/mol. The maximum Gasteiger partial charge on any atom is 0.229 e. The van der Waals surface area contributed by atoms with E-state index in [1.807, 2.05) is 24.1 Å². The molecule has 3 nitrogen and oxygen atoms in total. The topological polar surface area (TPSA) is 29.0 Å². The van der Waals surface area contributed by atoms with E-state index in [1.165, 1.54) is 5.56 Å². The molecule has 17 heavy (non-hydrogen) atoms. The first kappa shape index (κ1) is 11.9. The van der Waals surface area contributed by atoms with Crippen molar-refractivity contribution < 1.29 is 0 Å². The maximum atomic E-state index is 5.70. The Morgan fingerprint density at radius 3 is 2.53 bits per heavy atom. The molecule has 1 aromatic heterocycles. The minimum Gasteiger partial charge on any atom is -0.314 e. The monoisotopic (exact) mass is 247 g/mol. The van der Waals surface area contributed by atoms with Gasteiger partial charge in [0.1, 0.15) is 0 Å². The lowest BCUT2D eigenvalue weighted by atomic mass is 10.2. The van der Waals surface area contributed by atoms with E-state index in [9.17, 15) is 0 Å². The van der Waals surface area contributed by atoms with E-state index in [2.05, 4.69) is 29.0 Å². The van der Waals surface area contributed by atoms with Gasteiger partial charge in [0, 0.05) is 30.7 Å². The number of hydrogen-bond donors (Lipinski definition) is 0. The minimum absolute atomic E-state index is 0.439. The molecule has 88 valence electrons. The van der Waals surface area contributed by atoms with Crippen molar-refractivity contribution in [2.75, 3.05) is 11.9 Å². The summed E-state index contributed by atoms with van der Waals surface area (Å²) in [5.41, 5.74) is 3.21. The highest BCUT2D eigenvalue weighted by atomic mass is 35.5. The number of aryl methyl sites for hydroxylation is 1. The van der Waals surface area contributed by atoms with Crippen LogP contribution in [-0.2, 0) is 5.88 Å². The largest absolute Gasteiger partial charge is 0.314 e. The van der Waals surface area contributed by atoms with Gasteiger partial charge in [0.25, 0.3) is 0 Å². The smallest absolute Gasteiger partial charge is 0.229 e. The van der Waals surface area contributed by atoms with Crippen molar-refractivity contribution in [1.29, 1.82) is 0 Å². The Bertz CT molecular complexity index is 496. The van der Waals surface area contributed by atoms with Crippen LogP contribution >= 0.6 is 11.6 Å². The fraction of sp³-hybridized carbons (Fsp3) is 0.231. The summed E-state index contributed by atoms with van der Waals surface area (Å²) in [4.78, 5) is 10.5. The van der Waals surface area contributed by atoms with Gasteiger partial charge in [0.2, 0.25) is 5.95 Å². The number of rotatable bonds is 3. The van der Waals surface area contributed by atoms with Crippen molar-refractivity contribution in [2.45, 2.75) is 12.8 Å². The zero-order valence-electron chi connectivity index (χ0n) is 9.89. The zero-order chi connectivity index (χ0) is 12.3. The van der Waals surface area contributed by atoms with E-state index in [4.69, 9.17) is 11.6 Å². The van der Waals surface area contributed by atoms with Gasteiger partial charge in [0.05, 0.1) is 5.88 Å². The minimum atomic E-state index is 0.439. The normalized spacial score (nSPS) is 10.3. The summed E-state index contributed by atoms with van der Waals surface area (Å²) < 4.78 is 0. The van der Waals surface area contributed by atoms with Crippen LogP contribution in [0.25, 0.3) is 0 Å². The average molecular weight is 248 g/mol. The molecule has 0 aliphatic rings. The van der Waals surface area contributed by atoms with Crippen molar-refractivity contribution in [3.8, 4) is 0 Å². The lowest BCUT2D eigenvalue weighted by Crippen LogP contribution is -2.13. The summed E-state index contributed by atoms with van der Waals surface area (Å²) in [5.74, 6) is 1.11. The fourth-order valence-electron chi connectivity index (χ4n) is 1.54. The quantitative estimate of drug-likeness (QED) is 0.780. The third kappa shape index (κ3) is 2.74. The molecule has 0 aliphatic carbocycles. The van der Waals surface area contributed by atoms with Gasteiger partial charge < -0.3 is 4.90 Å². The number of nitrogens with zero attached hydrogens (tertiary/aromatic N) is 3. The highest BCUT2D eigenvalue weighted by molar-refractivity contribution is 6.17. The average Bonchev–Trinajstić information content (AvgIpc) is 2.38. The highest BCUT2D eigenvalue weighted by Crippen LogP contribution is 2.20. The van der Waals surface area contributed by atoms with Crippen LogP contribution in [-0.4, -0.2) is 17.0 Å². The van der Waals surface area contributed by atoms with Crippen LogP contribution in [0.5, 0.6) is 0 Å². The standard InChI is InChI=1S/C13H14ClN3/c1-10-4-3-5-12(6-10)17(2)13-15-8-11(7-14)9-16-13/h3-6,8-9H,7H2,1-2H3. The van der Waals surface area contributed by atoms with Gasteiger partial charge in [-0.3, -0.25) is 0 Å². The molecule has 2 rings (SSSR count). The Morgan fingerprint density at radius 2 is 1.94 bits per heavy atom. The molecule has 0 saturated heterocycles. The molecule has 0 atom stereocenters. The van der Waals surface area contributed by atoms with Crippen molar-refractivity contribution in [3.05, 3.63) is 47.8 Å². The maximum absolute atomic E-state index is 5.70. The third-order valence-corrected chi connectivity index (χ3v) is 2.84. The summed E-state index contributed by atoms with van der Waals surface area (Å²) in [6.45, 7) is 2.06. The number of hydrogen-bond acceptors (Lipinski definition) is 3. The number of halogens is 1. The molecule has 0 aliphatic heterocycles. The molecule has 1 aromatic carbocycles. The van der Waals surface area contributed by atoms with E-state index < -0.39 is 0 Å². The molecule has 2 aromatic rings. The van der Waals surface area contributed by atoms with E-state index in [0.29, 0.717) is 11.8 Å². The molecule has 0 radical (unpaired) electrons. The molecule has 0 N–H and O–H groups in total. The number of alkyl halides is 1. The number of anilines is 2. The Morgan fingerprint density at radius 1 is 1.24 bits per heavy atom. The van der Waals surface area contributed by atoms with Gasteiger partial charge in [-0.15, -0.1) is 11.6 Å². The zero-order valence-corrected chi connectivity index (χ0v) is 10.6. The number of benzene rings is 1. The Hall–Kier alpha value is -1.61. The second-order valence-corrected chi connectivity index (χ2v) is 4.19. The molecule has 1 heterocycles. The molecule has 0 amide bonds. The molecule has 0 bridgehead atoms. The van der Waals surface area contributed by atoms with E-state index in [0.717, 1.165) is 11.3 Å². The van der Waals surface area contributed by atoms with E-state index in [1.54, 1.807) is 12.4 Å². The van der Waals surface area contributed by atoms with Crippen LogP contribution in [0.4, 0.5) is 11.6 Å². The summed E-state index contributed by atoms with van der Waals surface area (Å²) in [7, 11) is 1.95. The van der Waals surface area contributed by atoms with Crippen molar-refractivity contribution in [1.82, 2.24) is 9.97 Å². The lowest BCUT2D eigenvalue weighted by Gasteiger charge is -2.17. The van der Waals surface area contributed by atoms with Gasteiger partial charge in [-0.05, 0) is 24.6 Å². The van der Waals surface area contributed by atoms with Crippen LogP contribution < -0.4 is 4.90 Å². The van der Waals surface area contributed by atoms with Gasteiger partial charge in [-0.1, -0.05) is 12.1 Å². The third-order valence-electron chi connectivity index (χ3n) is 2.53.